The molecular formula is C31H27BrN4O3. The van der Waals surface area contributed by atoms with Gasteiger partial charge in [-0.15, -0.1) is 0 Å². The Kier molecular flexibility index (Phi) is 5.28. The summed E-state index contributed by atoms with van der Waals surface area (Å²) in [4.78, 5) is 49.0. The summed E-state index contributed by atoms with van der Waals surface area (Å²) in [7, 11) is 0. The van der Waals surface area contributed by atoms with Crippen molar-refractivity contribution in [1.29, 1.82) is 0 Å². The van der Waals surface area contributed by atoms with E-state index in [1.54, 1.807) is 10.6 Å². The first-order valence-electron chi connectivity index (χ1n) is 13.3. The van der Waals surface area contributed by atoms with Crippen LogP contribution in [0.2, 0.25) is 0 Å². The molecule has 1 aromatic heterocycles. The van der Waals surface area contributed by atoms with Crippen LogP contribution in [0, 0.1) is 24.7 Å². The molecule has 4 heterocycles. The van der Waals surface area contributed by atoms with E-state index in [1.807, 2.05) is 67.6 Å². The van der Waals surface area contributed by atoms with Gasteiger partial charge in [-0.3, -0.25) is 24.3 Å². The lowest BCUT2D eigenvalue weighted by Gasteiger charge is -2.32. The first kappa shape index (κ1) is 24.4. The zero-order valence-corrected chi connectivity index (χ0v) is 23.4. The predicted octanol–water partition coefficient (Wildman–Crippen LogP) is 4.84. The lowest BCUT2D eigenvalue weighted by Crippen LogP contribution is -2.50. The molecular weight excluding hydrogens is 556 g/mol. The molecule has 1 spiro atoms. The van der Waals surface area contributed by atoms with Crippen molar-refractivity contribution < 1.29 is 9.59 Å². The highest BCUT2D eigenvalue weighted by Crippen LogP contribution is 2.56. The lowest BCUT2D eigenvalue weighted by molar-refractivity contribution is -0.123. The van der Waals surface area contributed by atoms with E-state index in [2.05, 4.69) is 35.1 Å². The second kappa shape index (κ2) is 8.44. The van der Waals surface area contributed by atoms with E-state index in [0.29, 0.717) is 39.0 Å². The van der Waals surface area contributed by atoms with Crippen molar-refractivity contribution in [1.82, 2.24) is 14.9 Å². The molecule has 4 aromatic rings. The van der Waals surface area contributed by atoms with Crippen molar-refractivity contribution in [3.63, 3.8) is 0 Å². The summed E-state index contributed by atoms with van der Waals surface area (Å²) in [5.41, 5.74) is 2.33. The van der Waals surface area contributed by atoms with Crippen molar-refractivity contribution in [2.24, 2.45) is 17.8 Å². The maximum Gasteiger partial charge on any atom is 0.266 e. The molecule has 0 radical (unpaired) electrons. The Morgan fingerprint density at radius 2 is 1.72 bits per heavy atom. The molecule has 8 heteroatoms. The number of nitrogens with zero attached hydrogens (tertiary/aromatic N) is 3. The fraction of sp³-hybridized carbons (Fsp3) is 0.290. The van der Waals surface area contributed by atoms with Crippen LogP contribution in [0.15, 0.2) is 76.0 Å². The van der Waals surface area contributed by atoms with Gasteiger partial charge in [0.05, 0.1) is 34.1 Å². The fourth-order valence-electron chi connectivity index (χ4n) is 6.96. The van der Waals surface area contributed by atoms with Gasteiger partial charge in [0.2, 0.25) is 11.8 Å². The largest absolute Gasteiger partial charge is 0.297 e. The monoisotopic (exact) mass is 582 g/mol. The summed E-state index contributed by atoms with van der Waals surface area (Å²) in [5, 5.41) is 4.27. The number of para-hydroxylation sites is 2. The Hall–Kier alpha value is -3.62. The smallest absolute Gasteiger partial charge is 0.266 e. The molecule has 39 heavy (non-hydrogen) atoms. The van der Waals surface area contributed by atoms with E-state index >= 15 is 0 Å². The van der Waals surface area contributed by atoms with Crippen LogP contribution in [0.1, 0.15) is 37.2 Å². The van der Waals surface area contributed by atoms with Gasteiger partial charge in [0.25, 0.3) is 5.56 Å². The predicted molar refractivity (Wildman–Crippen MR) is 153 cm³/mol. The molecule has 0 aliphatic carbocycles. The number of fused-ring (bicyclic) bond motifs is 8. The maximum absolute atomic E-state index is 14.5. The standard InChI is InChI=1S/C31H27BrN4O3/c1-16(2)14-22-25-26(29(39)35(28(25)38)24-13-12-17(3)15-20(24)32)31(34-22)19-9-5-7-11-23(19)36-27(37)18-8-4-6-10-21(18)33-30(31)36/h4-13,15-16,22,25-26,34H,14H2,1-3H3. The molecule has 7 rings (SSSR count). The summed E-state index contributed by atoms with van der Waals surface area (Å²) in [6.07, 6.45) is 0.699. The van der Waals surface area contributed by atoms with Crippen molar-refractivity contribution in [2.75, 3.05) is 4.90 Å². The number of imide groups is 1. The number of anilines is 1. The Morgan fingerprint density at radius 1 is 0.974 bits per heavy atom. The van der Waals surface area contributed by atoms with Crippen molar-refractivity contribution in [3.8, 4) is 5.69 Å². The second-order valence-electron chi connectivity index (χ2n) is 11.3. The topological polar surface area (TPSA) is 84.3 Å². The Morgan fingerprint density at radius 3 is 2.49 bits per heavy atom. The van der Waals surface area contributed by atoms with Crippen LogP contribution in [0.5, 0.6) is 0 Å². The molecule has 3 aromatic carbocycles. The first-order valence-corrected chi connectivity index (χ1v) is 14.1. The van der Waals surface area contributed by atoms with Crippen LogP contribution in [0.3, 0.4) is 0 Å². The molecule has 2 fully saturated rings. The molecule has 2 saturated heterocycles. The van der Waals surface area contributed by atoms with Crippen molar-refractivity contribution >= 4 is 44.3 Å². The van der Waals surface area contributed by atoms with Crippen LogP contribution in [-0.2, 0) is 15.1 Å². The van der Waals surface area contributed by atoms with Gasteiger partial charge >= 0.3 is 0 Å². The van der Waals surface area contributed by atoms with Gasteiger partial charge in [0, 0.05) is 16.1 Å². The third-order valence-corrected chi connectivity index (χ3v) is 9.07. The van der Waals surface area contributed by atoms with E-state index in [4.69, 9.17) is 4.98 Å². The van der Waals surface area contributed by atoms with Gasteiger partial charge < -0.3 is 0 Å². The lowest BCUT2D eigenvalue weighted by atomic mass is 9.75. The number of aryl methyl sites for hydroxylation is 1. The number of carbonyl (C=O) groups is 2. The van der Waals surface area contributed by atoms with E-state index in [1.165, 1.54) is 4.90 Å². The van der Waals surface area contributed by atoms with Crippen molar-refractivity contribution in [2.45, 2.75) is 38.8 Å². The maximum atomic E-state index is 14.5. The summed E-state index contributed by atoms with van der Waals surface area (Å²) < 4.78 is 2.33. The minimum atomic E-state index is -1.12. The number of halogens is 1. The number of amides is 2. The summed E-state index contributed by atoms with van der Waals surface area (Å²) in [6, 6.07) is 20.3. The molecule has 7 nitrogen and oxygen atoms in total. The van der Waals surface area contributed by atoms with Gasteiger partial charge in [-0.1, -0.05) is 50.2 Å². The third kappa shape index (κ3) is 3.19. The molecule has 0 saturated carbocycles. The zero-order valence-electron chi connectivity index (χ0n) is 21.8. The third-order valence-electron chi connectivity index (χ3n) is 8.43. The Labute approximate surface area is 234 Å². The highest BCUT2D eigenvalue weighted by Gasteiger charge is 2.69. The SMILES string of the molecule is Cc1ccc(N2C(=O)C3C(CC(C)C)NC4(c5ccccc5-n5c4nc4ccccc4c5=O)C3C2=O)c(Br)c1. The van der Waals surface area contributed by atoms with Gasteiger partial charge in [-0.25, -0.2) is 9.88 Å². The van der Waals surface area contributed by atoms with E-state index in [9.17, 15) is 14.4 Å². The number of benzene rings is 3. The van der Waals surface area contributed by atoms with Crippen LogP contribution in [0.25, 0.3) is 16.6 Å². The average molecular weight is 583 g/mol. The summed E-state index contributed by atoms with van der Waals surface area (Å²) >= 11 is 3.59. The highest BCUT2D eigenvalue weighted by atomic mass is 79.9. The number of rotatable bonds is 3. The fourth-order valence-corrected chi connectivity index (χ4v) is 7.63. The molecule has 196 valence electrons. The highest BCUT2D eigenvalue weighted by molar-refractivity contribution is 9.10. The normalized spacial score (nSPS) is 25.2. The number of hydrogen-bond donors (Lipinski definition) is 1. The Balaban J connectivity index is 1.52. The Bertz CT molecular complexity index is 1780. The number of nitrogens with one attached hydrogen (secondary N) is 1. The average Bonchev–Trinajstić information content (AvgIpc) is 3.47. The van der Waals surface area contributed by atoms with Gasteiger partial charge in [0.15, 0.2) is 0 Å². The minimum absolute atomic E-state index is 0.180. The molecule has 4 atom stereocenters. The number of carbonyl (C=O) groups excluding carboxylic acids is 2. The van der Waals surface area contributed by atoms with Gasteiger partial charge in [0.1, 0.15) is 11.4 Å². The summed E-state index contributed by atoms with van der Waals surface area (Å²) in [5.74, 6) is -1.10. The quantitative estimate of drug-likeness (QED) is 0.349. The van der Waals surface area contributed by atoms with Crippen LogP contribution in [0.4, 0.5) is 5.69 Å². The minimum Gasteiger partial charge on any atom is -0.297 e. The van der Waals surface area contributed by atoms with Crippen LogP contribution < -0.4 is 15.8 Å². The van der Waals surface area contributed by atoms with E-state index < -0.39 is 17.4 Å². The second-order valence-corrected chi connectivity index (χ2v) is 12.1. The van der Waals surface area contributed by atoms with Gasteiger partial charge in [-0.2, -0.15) is 0 Å². The van der Waals surface area contributed by atoms with E-state index in [-0.39, 0.29) is 29.3 Å². The molecule has 0 bridgehead atoms. The number of hydrogen-bond acceptors (Lipinski definition) is 5. The van der Waals surface area contributed by atoms with E-state index in [0.717, 1.165) is 11.1 Å². The van der Waals surface area contributed by atoms with Crippen LogP contribution in [-0.4, -0.2) is 27.4 Å². The van der Waals surface area contributed by atoms with Crippen LogP contribution >= 0.6 is 15.9 Å². The number of aromatic nitrogens is 2. The van der Waals surface area contributed by atoms with Crippen molar-refractivity contribution in [3.05, 3.63) is 98.5 Å². The van der Waals surface area contributed by atoms with Gasteiger partial charge in [-0.05, 0) is 71.1 Å². The molecule has 3 aliphatic rings. The molecule has 2 amide bonds. The molecule has 1 N–H and O–H groups in total. The zero-order chi connectivity index (χ0) is 27.2. The molecule has 3 aliphatic heterocycles. The molecule has 4 unspecified atom stereocenters. The first-order chi connectivity index (χ1) is 18.7. The summed E-state index contributed by atoms with van der Waals surface area (Å²) in [6.45, 7) is 6.20.